The number of hydrogen-bond acceptors (Lipinski definition) is 4. The Bertz CT molecular complexity index is 779. The average Bonchev–Trinajstić information content (AvgIpc) is 2.69. The van der Waals surface area contributed by atoms with Crippen LogP contribution in [0.3, 0.4) is 0 Å². The van der Waals surface area contributed by atoms with E-state index in [-0.39, 0.29) is 18.4 Å². The minimum atomic E-state index is -0.878. The topological polar surface area (TPSA) is 76.0 Å². The van der Waals surface area contributed by atoms with Gasteiger partial charge in [0.25, 0.3) is 0 Å². The fraction of sp³-hybridized carbons (Fsp3) is 0.435. The molecule has 2 aromatic rings. The van der Waals surface area contributed by atoms with Crippen LogP contribution in [0.2, 0.25) is 0 Å². The van der Waals surface area contributed by atoms with Gasteiger partial charge in [-0.15, -0.1) is 0 Å². The lowest BCUT2D eigenvalue weighted by atomic mass is 9.68. The smallest absolute Gasteiger partial charge is 0.305 e. The molecule has 1 aliphatic carbocycles. The van der Waals surface area contributed by atoms with Crippen molar-refractivity contribution in [2.75, 3.05) is 13.2 Å². The summed E-state index contributed by atoms with van der Waals surface area (Å²) in [6.07, 6.45) is 2.94. The molecule has 3 rings (SSSR count). The second kappa shape index (κ2) is 8.76. The molecule has 0 aliphatic heterocycles. The molecule has 2 aromatic carbocycles. The Hall–Kier alpha value is -2.37. The van der Waals surface area contributed by atoms with E-state index in [2.05, 4.69) is 6.92 Å². The van der Waals surface area contributed by atoms with Crippen molar-refractivity contribution in [3.63, 3.8) is 0 Å². The predicted molar refractivity (Wildman–Crippen MR) is 107 cm³/mol. The first-order valence-corrected chi connectivity index (χ1v) is 9.74. The Morgan fingerprint density at radius 2 is 1.68 bits per heavy atom. The number of rotatable bonds is 8. The zero-order chi connectivity index (χ0) is 20.0. The van der Waals surface area contributed by atoms with Crippen LogP contribution in [0.4, 0.5) is 0 Å². The highest BCUT2D eigenvalue weighted by molar-refractivity contribution is 5.66. The van der Waals surface area contributed by atoms with E-state index in [4.69, 9.17) is 14.6 Å². The molecule has 2 N–H and O–H groups in total. The average molecular weight is 384 g/mol. The molecule has 28 heavy (non-hydrogen) atoms. The SMILES string of the molecule is CC1(COCCC(=O)O)CCC(O)(c2cccc(Oc3ccccc3)c2)CC1. The van der Waals surface area contributed by atoms with Crippen molar-refractivity contribution in [3.05, 3.63) is 60.2 Å². The Morgan fingerprint density at radius 1 is 1.00 bits per heavy atom. The van der Waals surface area contributed by atoms with E-state index < -0.39 is 11.6 Å². The molecule has 1 aliphatic rings. The van der Waals surface area contributed by atoms with Gasteiger partial charge < -0.3 is 19.7 Å². The third-order valence-corrected chi connectivity index (χ3v) is 5.55. The molecule has 5 heteroatoms. The van der Waals surface area contributed by atoms with Gasteiger partial charge in [0.2, 0.25) is 0 Å². The van der Waals surface area contributed by atoms with Crippen LogP contribution in [-0.2, 0) is 15.1 Å². The van der Waals surface area contributed by atoms with Crippen molar-refractivity contribution in [2.24, 2.45) is 5.41 Å². The van der Waals surface area contributed by atoms with E-state index in [9.17, 15) is 9.90 Å². The van der Waals surface area contributed by atoms with Gasteiger partial charge in [-0.2, -0.15) is 0 Å². The number of carbonyl (C=O) groups is 1. The number of carboxylic acids is 1. The minimum Gasteiger partial charge on any atom is -0.481 e. The number of para-hydroxylation sites is 1. The molecule has 1 saturated carbocycles. The van der Waals surface area contributed by atoms with Gasteiger partial charge in [-0.05, 0) is 60.9 Å². The van der Waals surface area contributed by atoms with Crippen LogP contribution in [0.25, 0.3) is 0 Å². The van der Waals surface area contributed by atoms with Crippen molar-refractivity contribution in [1.29, 1.82) is 0 Å². The molecule has 0 unspecified atom stereocenters. The fourth-order valence-corrected chi connectivity index (χ4v) is 3.65. The van der Waals surface area contributed by atoms with E-state index in [1.807, 2.05) is 54.6 Å². The zero-order valence-corrected chi connectivity index (χ0v) is 16.3. The van der Waals surface area contributed by atoms with Gasteiger partial charge in [0, 0.05) is 0 Å². The van der Waals surface area contributed by atoms with E-state index >= 15 is 0 Å². The van der Waals surface area contributed by atoms with Crippen LogP contribution in [0.15, 0.2) is 54.6 Å². The Kier molecular flexibility index (Phi) is 6.37. The van der Waals surface area contributed by atoms with Gasteiger partial charge in [-0.25, -0.2) is 0 Å². The Labute approximate surface area is 165 Å². The quantitative estimate of drug-likeness (QED) is 0.643. The fourth-order valence-electron chi connectivity index (χ4n) is 3.65. The molecule has 0 bridgehead atoms. The van der Waals surface area contributed by atoms with Crippen molar-refractivity contribution in [1.82, 2.24) is 0 Å². The maximum absolute atomic E-state index is 11.2. The van der Waals surface area contributed by atoms with E-state index in [1.54, 1.807) is 0 Å². The normalized spacial score (nSPS) is 24.6. The molecule has 0 radical (unpaired) electrons. The van der Waals surface area contributed by atoms with Crippen LogP contribution in [0, 0.1) is 5.41 Å². The molecule has 0 saturated heterocycles. The summed E-state index contributed by atoms with van der Waals surface area (Å²) in [5.41, 5.74) is -0.0470. The number of benzene rings is 2. The van der Waals surface area contributed by atoms with Gasteiger partial charge in [0.1, 0.15) is 11.5 Å². The lowest BCUT2D eigenvalue weighted by Gasteiger charge is -2.42. The summed E-state index contributed by atoms with van der Waals surface area (Å²) in [7, 11) is 0. The summed E-state index contributed by atoms with van der Waals surface area (Å²) >= 11 is 0. The summed E-state index contributed by atoms with van der Waals surface area (Å²) < 4.78 is 11.5. The Balaban J connectivity index is 1.60. The van der Waals surface area contributed by atoms with Crippen molar-refractivity contribution in [3.8, 4) is 11.5 Å². The lowest BCUT2D eigenvalue weighted by Crippen LogP contribution is -2.38. The molecule has 1 fully saturated rings. The first kappa shape index (κ1) is 20.4. The van der Waals surface area contributed by atoms with Gasteiger partial charge in [0.15, 0.2) is 0 Å². The third-order valence-electron chi connectivity index (χ3n) is 5.55. The number of ether oxygens (including phenoxy) is 2. The molecule has 5 nitrogen and oxygen atoms in total. The second-order valence-corrected chi connectivity index (χ2v) is 7.98. The molecule has 0 atom stereocenters. The summed E-state index contributed by atoms with van der Waals surface area (Å²) in [5, 5.41) is 19.9. The first-order chi connectivity index (χ1) is 13.4. The largest absolute Gasteiger partial charge is 0.481 e. The van der Waals surface area contributed by atoms with Crippen molar-refractivity contribution in [2.45, 2.75) is 44.6 Å². The molecular weight excluding hydrogens is 356 g/mol. The van der Waals surface area contributed by atoms with E-state index in [0.29, 0.717) is 25.2 Å². The van der Waals surface area contributed by atoms with Crippen LogP contribution in [0.1, 0.15) is 44.6 Å². The molecule has 150 valence electrons. The predicted octanol–water partition coefficient (Wildman–Crippen LogP) is 4.74. The number of aliphatic carboxylic acids is 1. The van der Waals surface area contributed by atoms with E-state index in [1.165, 1.54) is 0 Å². The number of hydrogen-bond donors (Lipinski definition) is 2. The summed E-state index contributed by atoms with van der Waals surface area (Å²) in [6, 6.07) is 17.3. The third kappa shape index (κ3) is 5.33. The first-order valence-electron chi connectivity index (χ1n) is 9.74. The monoisotopic (exact) mass is 384 g/mol. The van der Waals surface area contributed by atoms with Gasteiger partial charge in [-0.3, -0.25) is 4.79 Å². The lowest BCUT2D eigenvalue weighted by molar-refractivity contribution is -0.138. The van der Waals surface area contributed by atoms with Crippen molar-refractivity contribution >= 4 is 5.97 Å². The molecule has 0 amide bonds. The highest BCUT2D eigenvalue weighted by atomic mass is 16.5. The summed E-state index contributed by atoms with van der Waals surface area (Å²) in [4.78, 5) is 10.6. The minimum absolute atomic E-state index is 0.0220. The van der Waals surface area contributed by atoms with Crippen LogP contribution in [-0.4, -0.2) is 29.4 Å². The Morgan fingerprint density at radius 3 is 2.36 bits per heavy atom. The molecule has 0 spiro atoms. The molecule has 0 aromatic heterocycles. The zero-order valence-electron chi connectivity index (χ0n) is 16.3. The van der Waals surface area contributed by atoms with Crippen LogP contribution >= 0.6 is 0 Å². The second-order valence-electron chi connectivity index (χ2n) is 7.98. The highest BCUT2D eigenvalue weighted by Gasteiger charge is 2.40. The van der Waals surface area contributed by atoms with Crippen molar-refractivity contribution < 1.29 is 24.5 Å². The standard InChI is InChI=1S/C23H28O5/c1-22(17-27-15-10-21(24)25)11-13-23(26,14-12-22)18-6-5-9-20(16-18)28-19-7-3-2-4-8-19/h2-9,16,26H,10-15,17H2,1H3,(H,24,25). The van der Waals surface area contributed by atoms with Gasteiger partial charge >= 0.3 is 5.97 Å². The van der Waals surface area contributed by atoms with Gasteiger partial charge in [0.05, 0.1) is 25.2 Å². The highest BCUT2D eigenvalue weighted by Crippen LogP contribution is 2.46. The summed E-state index contributed by atoms with van der Waals surface area (Å²) in [6.45, 7) is 2.89. The van der Waals surface area contributed by atoms with Crippen LogP contribution in [0.5, 0.6) is 11.5 Å². The number of aliphatic hydroxyl groups is 1. The summed E-state index contributed by atoms with van der Waals surface area (Å²) in [5.74, 6) is 0.629. The van der Waals surface area contributed by atoms with Crippen LogP contribution < -0.4 is 4.74 Å². The molecular formula is C23H28O5. The van der Waals surface area contributed by atoms with E-state index in [0.717, 1.165) is 24.2 Å². The van der Waals surface area contributed by atoms with Gasteiger partial charge in [-0.1, -0.05) is 37.3 Å². The maximum atomic E-state index is 11.2. The number of carboxylic acid groups (broad SMARTS) is 1. The molecule has 0 heterocycles. The maximum Gasteiger partial charge on any atom is 0.305 e.